The van der Waals surface area contributed by atoms with E-state index >= 15 is 0 Å². The van der Waals surface area contributed by atoms with Crippen LogP contribution in [0, 0.1) is 12.8 Å². The molecule has 0 amide bonds. The third-order valence-corrected chi connectivity index (χ3v) is 5.46. The number of imidazole rings is 1. The Bertz CT molecular complexity index is 902. The fraction of sp³-hybridized carbons (Fsp3) is 0.556. The minimum atomic E-state index is 0.347. The van der Waals surface area contributed by atoms with Crippen molar-refractivity contribution in [3.05, 3.63) is 30.2 Å². The number of piperidine rings is 1. The molecule has 0 spiro atoms. The monoisotopic (exact) mass is 355 g/mol. The Morgan fingerprint density at radius 2 is 2.15 bits per heavy atom. The molecular formula is C18H25N7O. The lowest BCUT2D eigenvalue weighted by molar-refractivity contribution is 0.119. The number of hydrogen-bond donors (Lipinski definition) is 0. The lowest BCUT2D eigenvalue weighted by Gasteiger charge is -2.41. The molecule has 26 heavy (non-hydrogen) atoms. The van der Waals surface area contributed by atoms with Crippen LogP contribution in [-0.4, -0.2) is 56.8 Å². The SMILES string of the molecule is Cc1noc2ncnc(N(C)C[C@@H]3CCCN(C)[C@H]3c3cncn3C)c12. The maximum Gasteiger partial charge on any atom is 0.263 e. The predicted molar refractivity (Wildman–Crippen MR) is 98.9 cm³/mol. The Labute approximate surface area is 152 Å². The average molecular weight is 355 g/mol. The normalized spacial score (nSPS) is 21.4. The Kier molecular flexibility index (Phi) is 4.36. The van der Waals surface area contributed by atoms with Crippen LogP contribution in [0.15, 0.2) is 23.4 Å². The Morgan fingerprint density at radius 3 is 2.92 bits per heavy atom. The average Bonchev–Trinajstić information content (AvgIpc) is 3.21. The van der Waals surface area contributed by atoms with Gasteiger partial charge in [-0.25, -0.2) is 9.97 Å². The van der Waals surface area contributed by atoms with Crippen LogP contribution in [0.1, 0.15) is 30.3 Å². The quantitative estimate of drug-likeness (QED) is 0.710. The molecule has 1 aliphatic rings. The summed E-state index contributed by atoms with van der Waals surface area (Å²) in [6, 6.07) is 0.347. The lowest BCUT2D eigenvalue weighted by atomic mass is 9.87. The van der Waals surface area contributed by atoms with Gasteiger partial charge in [0, 0.05) is 26.8 Å². The van der Waals surface area contributed by atoms with Crippen molar-refractivity contribution in [3.8, 4) is 0 Å². The fourth-order valence-corrected chi connectivity index (χ4v) is 4.20. The van der Waals surface area contributed by atoms with Crippen molar-refractivity contribution >= 4 is 16.9 Å². The van der Waals surface area contributed by atoms with Gasteiger partial charge in [-0.15, -0.1) is 0 Å². The van der Waals surface area contributed by atoms with Crippen LogP contribution in [-0.2, 0) is 7.05 Å². The van der Waals surface area contributed by atoms with Gasteiger partial charge < -0.3 is 14.0 Å². The number of likely N-dealkylation sites (tertiary alicyclic amines) is 1. The van der Waals surface area contributed by atoms with Crippen LogP contribution in [0.3, 0.4) is 0 Å². The summed E-state index contributed by atoms with van der Waals surface area (Å²) < 4.78 is 7.43. The molecule has 0 radical (unpaired) electrons. The van der Waals surface area contributed by atoms with Gasteiger partial charge in [0.15, 0.2) is 0 Å². The van der Waals surface area contributed by atoms with E-state index in [0.717, 1.165) is 30.0 Å². The second-order valence-electron chi connectivity index (χ2n) is 7.28. The molecule has 4 heterocycles. The summed E-state index contributed by atoms with van der Waals surface area (Å²) in [6.07, 6.45) is 7.81. The Morgan fingerprint density at radius 1 is 1.31 bits per heavy atom. The lowest BCUT2D eigenvalue weighted by Crippen LogP contribution is -2.42. The highest BCUT2D eigenvalue weighted by atomic mass is 16.5. The zero-order valence-electron chi connectivity index (χ0n) is 15.8. The van der Waals surface area contributed by atoms with Gasteiger partial charge in [0.2, 0.25) is 0 Å². The van der Waals surface area contributed by atoms with Crippen molar-refractivity contribution in [2.75, 3.05) is 32.1 Å². The second kappa shape index (κ2) is 6.68. The van der Waals surface area contributed by atoms with E-state index in [2.05, 4.69) is 55.6 Å². The van der Waals surface area contributed by atoms with E-state index < -0.39 is 0 Å². The van der Waals surface area contributed by atoms with Crippen molar-refractivity contribution in [1.82, 2.24) is 29.6 Å². The summed E-state index contributed by atoms with van der Waals surface area (Å²) in [6.45, 7) is 3.94. The van der Waals surface area contributed by atoms with Crippen molar-refractivity contribution in [3.63, 3.8) is 0 Å². The number of nitrogens with zero attached hydrogens (tertiary/aromatic N) is 7. The molecule has 8 nitrogen and oxygen atoms in total. The summed E-state index contributed by atoms with van der Waals surface area (Å²) in [5, 5.41) is 4.94. The Balaban J connectivity index is 1.64. The summed E-state index contributed by atoms with van der Waals surface area (Å²) in [4.78, 5) is 17.7. The minimum absolute atomic E-state index is 0.347. The third kappa shape index (κ3) is 2.84. The molecule has 138 valence electrons. The molecule has 0 aliphatic carbocycles. The highest BCUT2D eigenvalue weighted by Crippen LogP contribution is 2.36. The number of fused-ring (bicyclic) bond motifs is 1. The fourth-order valence-electron chi connectivity index (χ4n) is 4.20. The number of rotatable bonds is 4. The van der Waals surface area contributed by atoms with Crippen LogP contribution in [0.4, 0.5) is 5.82 Å². The standard InChI is InChI=1S/C18H25N7O/c1-12-15-17(20-10-21-18(15)26-22-12)24(3)9-13-6-5-7-23(2)16(13)14-8-19-11-25(14)4/h8,10-11,13,16H,5-7,9H2,1-4H3/t13-,16+/m0/s1. The van der Waals surface area contributed by atoms with Crippen molar-refractivity contribution in [2.24, 2.45) is 13.0 Å². The van der Waals surface area contributed by atoms with E-state index in [1.807, 2.05) is 19.4 Å². The van der Waals surface area contributed by atoms with E-state index in [4.69, 9.17) is 4.52 Å². The van der Waals surface area contributed by atoms with Crippen molar-refractivity contribution in [1.29, 1.82) is 0 Å². The molecular weight excluding hydrogens is 330 g/mol. The number of aryl methyl sites for hydroxylation is 2. The van der Waals surface area contributed by atoms with Crippen molar-refractivity contribution in [2.45, 2.75) is 25.8 Å². The van der Waals surface area contributed by atoms with E-state index in [9.17, 15) is 0 Å². The maximum absolute atomic E-state index is 5.29. The highest BCUT2D eigenvalue weighted by molar-refractivity contribution is 5.87. The van der Waals surface area contributed by atoms with E-state index in [-0.39, 0.29) is 0 Å². The van der Waals surface area contributed by atoms with Crippen LogP contribution in [0.5, 0.6) is 0 Å². The summed E-state index contributed by atoms with van der Waals surface area (Å²) in [5.74, 6) is 1.37. The maximum atomic E-state index is 5.29. The number of aromatic nitrogens is 5. The van der Waals surface area contributed by atoms with Gasteiger partial charge in [0.25, 0.3) is 5.71 Å². The molecule has 3 aromatic heterocycles. The summed E-state index contributed by atoms with van der Waals surface area (Å²) in [7, 11) is 6.36. The minimum Gasteiger partial charge on any atom is -0.359 e. The zero-order chi connectivity index (χ0) is 18.3. The highest BCUT2D eigenvalue weighted by Gasteiger charge is 2.33. The number of hydrogen-bond acceptors (Lipinski definition) is 7. The van der Waals surface area contributed by atoms with Crippen LogP contribution >= 0.6 is 0 Å². The molecule has 0 N–H and O–H groups in total. The number of anilines is 1. The van der Waals surface area contributed by atoms with Gasteiger partial charge in [-0.2, -0.15) is 4.98 Å². The predicted octanol–water partition coefficient (Wildman–Crippen LogP) is 2.18. The molecule has 0 saturated carbocycles. The van der Waals surface area contributed by atoms with Crippen LogP contribution < -0.4 is 4.90 Å². The first-order valence-corrected chi connectivity index (χ1v) is 9.01. The molecule has 8 heteroatoms. The largest absolute Gasteiger partial charge is 0.359 e. The van der Waals surface area contributed by atoms with Gasteiger partial charge in [0.05, 0.1) is 23.8 Å². The van der Waals surface area contributed by atoms with E-state index in [0.29, 0.717) is 17.7 Å². The zero-order valence-corrected chi connectivity index (χ0v) is 15.8. The van der Waals surface area contributed by atoms with Crippen LogP contribution in [0.2, 0.25) is 0 Å². The van der Waals surface area contributed by atoms with Gasteiger partial charge >= 0.3 is 0 Å². The molecule has 1 saturated heterocycles. The van der Waals surface area contributed by atoms with Gasteiger partial charge in [-0.05, 0) is 39.3 Å². The van der Waals surface area contributed by atoms with Gasteiger partial charge in [-0.3, -0.25) is 4.90 Å². The molecule has 0 unspecified atom stereocenters. The first-order chi connectivity index (χ1) is 12.6. The molecule has 1 fully saturated rings. The summed E-state index contributed by atoms with van der Waals surface area (Å²) >= 11 is 0. The van der Waals surface area contributed by atoms with Gasteiger partial charge in [-0.1, -0.05) is 5.16 Å². The molecule has 1 aliphatic heterocycles. The molecule has 0 bridgehead atoms. The smallest absolute Gasteiger partial charge is 0.263 e. The topological polar surface area (TPSA) is 76.1 Å². The summed E-state index contributed by atoms with van der Waals surface area (Å²) in [5.41, 5.74) is 2.63. The molecule has 0 aromatic carbocycles. The van der Waals surface area contributed by atoms with E-state index in [1.54, 1.807) is 6.33 Å². The van der Waals surface area contributed by atoms with Gasteiger partial charge in [0.1, 0.15) is 17.5 Å². The van der Waals surface area contributed by atoms with E-state index in [1.165, 1.54) is 18.5 Å². The third-order valence-electron chi connectivity index (χ3n) is 5.46. The first kappa shape index (κ1) is 17.0. The van der Waals surface area contributed by atoms with Crippen LogP contribution in [0.25, 0.3) is 11.1 Å². The first-order valence-electron chi connectivity index (χ1n) is 9.01. The Hall–Kier alpha value is -2.48. The molecule has 4 rings (SSSR count). The molecule has 2 atom stereocenters. The van der Waals surface area contributed by atoms with Crippen molar-refractivity contribution < 1.29 is 4.52 Å². The second-order valence-corrected chi connectivity index (χ2v) is 7.28. The molecule has 3 aromatic rings.